The van der Waals surface area contributed by atoms with E-state index < -0.39 is 0 Å². The molecule has 0 amide bonds. The molecule has 1 atom stereocenters. The molecular formula is C10H22N2O. The van der Waals surface area contributed by atoms with Crippen LogP contribution in [0.3, 0.4) is 0 Å². The van der Waals surface area contributed by atoms with Crippen molar-refractivity contribution in [2.45, 2.75) is 38.1 Å². The highest BCUT2D eigenvalue weighted by Crippen LogP contribution is 2.18. The molecule has 1 rings (SSSR count). The summed E-state index contributed by atoms with van der Waals surface area (Å²) in [7, 11) is 0. The summed E-state index contributed by atoms with van der Waals surface area (Å²) in [4.78, 5) is 2.49. The van der Waals surface area contributed by atoms with Gasteiger partial charge in [-0.3, -0.25) is 0 Å². The number of aliphatic hydroxyl groups is 1. The average Bonchev–Trinajstić information content (AvgIpc) is 2.17. The molecule has 1 aliphatic rings. The number of rotatable bonds is 5. The van der Waals surface area contributed by atoms with Crippen LogP contribution in [0.25, 0.3) is 0 Å². The fraction of sp³-hybridized carbons (Fsp3) is 1.00. The van der Waals surface area contributed by atoms with E-state index >= 15 is 0 Å². The van der Waals surface area contributed by atoms with Crippen LogP contribution in [0, 0.1) is 0 Å². The fourth-order valence-electron chi connectivity index (χ4n) is 2.15. The highest BCUT2D eigenvalue weighted by molar-refractivity contribution is 4.76. The minimum Gasteiger partial charge on any atom is -0.396 e. The summed E-state index contributed by atoms with van der Waals surface area (Å²) in [6, 6.07) is 0.685. The Balaban J connectivity index is 2.28. The lowest BCUT2D eigenvalue weighted by Gasteiger charge is -2.35. The van der Waals surface area contributed by atoms with Gasteiger partial charge in [0.25, 0.3) is 0 Å². The van der Waals surface area contributed by atoms with E-state index in [9.17, 15) is 0 Å². The van der Waals surface area contributed by atoms with Crippen LogP contribution >= 0.6 is 0 Å². The quantitative estimate of drug-likeness (QED) is 0.660. The summed E-state index contributed by atoms with van der Waals surface area (Å²) in [6.07, 6.45) is 5.97. The third-order valence-electron chi connectivity index (χ3n) is 2.85. The van der Waals surface area contributed by atoms with E-state index in [1.807, 2.05) is 0 Å². The second-order valence-corrected chi connectivity index (χ2v) is 3.84. The molecule has 1 saturated heterocycles. The number of aliphatic hydroxyl groups excluding tert-OH is 1. The van der Waals surface area contributed by atoms with Gasteiger partial charge in [0.1, 0.15) is 0 Å². The van der Waals surface area contributed by atoms with Crippen LogP contribution in [0.5, 0.6) is 0 Å². The lowest BCUT2D eigenvalue weighted by Crippen LogP contribution is -2.41. The van der Waals surface area contributed by atoms with Crippen LogP contribution < -0.4 is 5.73 Å². The van der Waals surface area contributed by atoms with Crippen LogP contribution in [-0.4, -0.2) is 42.3 Å². The lowest BCUT2D eigenvalue weighted by molar-refractivity contribution is 0.129. The molecule has 1 unspecified atom stereocenters. The summed E-state index contributed by atoms with van der Waals surface area (Å²) in [5.74, 6) is 0. The molecule has 0 saturated carbocycles. The van der Waals surface area contributed by atoms with Gasteiger partial charge in [-0.15, -0.1) is 0 Å². The zero-order valence-electron chi connectivity index (χ0n) is 8.41. The molecule has 0 aromatic carbocycles. The van der Waals surface area contributed by atoms with Gasteiger partial charge in [-0.1, -0.05) is 6.42 Å². The number of hydrogen-bond donors (Lipinski definition) is 2. The first-order chi connectivity index (χ1) is 6.38. The van der Waals surface area contributed by atoms with Crippen molar-refractivity contribution < 1.29 is 5.11 Å². The maximum absolute atomic E-state index is 8.76. The first kappa shape index (κ1) is 11.0. The Kier molecular flexibility index (Phi) is 5.35. The smallest absolute Gasteiger partial charge is 0.0443 e. The molecule has 3 nitrogen and oxygen atoms in total. The van der Waals surface area contributed by atoms with Crippen LogP contribution in [0.15, 0.2) is 0 Å². The first-order valence-electron chi connectivity index (χ1n) is 5.43. The Labute approximate surface area is 80.9 Å². The number of likely N-dealkylation sites (tertiary alicyclic amines) is 1. The van der Waals surface area contributed by atoms with Crippen molar-refractivity contribution in [1.82, 2.24) is 4.90 Å². The predicted octanol–water partition coefficient (Wildman–Crippen LogP) is 0.572. The van der Waals surface area contributed by atoms with Crippen LogP contribution in [0.4, 0.5) is 0 Å². The van der Waals surface area contributed by atoms with Gasteiger partial charge in [0.05, 0.1) is 0 Å². The molecule has 1 aliphatic heterocycles. The summed E-state index contributed by atoms with van der Waals surface area (Å²) in [5.41, 5.74) is 5.57. The summed E-state index contributed by atoms with van der Waals surface area (Å²) in [5, 5.41) is 8.76. The average molecular weight is 186 g/mol. The van der Waals surface area contributed by atoms with E-state index in [2.05, 4.69) is 4.90 Å². The van der Waals surface area contributed by atoms with E-state index in [1.165, 1.54) is 25.8 Å². The van der Waals surface area contributed by atoms with Crippen LogP contribution in [0.1, 0.15) is 32.1 Å². The zero-order valence-corrected chi connectivity index (χ0v) is 8.41. The topological polar surface area (TPSA) is 49.5 Å². The highest BCUT2D eigenvalue weighted by Gasteiger charge is 2.20. The molecule has 0 aromatic heterocycles. The van der Waals surface area contributed by atoms with Gasteiger partial charge in [0.2, 0.25) is 0 Å². The van der Waals surface area contributed by atoms with Gasteiger partial charge < -0.3 is 15.7 Å². The Morgan fingerprint density at radius 3 is 2.92 bits per heavy atom. The maximum atomic E-state index is 8.76. The minimum atomic E-state index is 0.311. The summed E-state index contributed by atoms with van der Waals surface area (Å²) >= 11 is 0. The van der Waals surface area contributed by atoms with Gasteiger partial charge in [0, 0.05) is 19.2 Å². The standard InChI is InChI=1S/C10H22N2O/c11-6-5-10-4-1-2-7-12(10)8-3-9-13/h10,13H,1-9,11H2. The van der Waals surface area contributed by atoms with Crippen molar-refractivity contribution in [3.63, 3.8) is 0 Å². The van der Waals surface area contributed by atoms with Crippen molar-refractivity contribution in [1.29, 1.82) is 0 Å². The normalized spacial score (nSPS) is 24.9. The van der Waals surface area contributed by atoms with E-state index in [4.69, 9.17) is 10.8 Å². The number of hydrogen-bond acceptors (Lipinski definition) is 3. The van der Waals surface area contributed by atoms with E-state index in [0.29, 0.717) is 12.6 Å². The Hall–Kier alpha value is -0.120. The van der Waals surface area contributed by atoms with Gasteiger partial charge >= 0.3 is 0 Å². The van der Waals surface area contributed by atoms with Gasteiger partial charge in [-0.05, 0) is 38.8 Å². The van der Waals surface area contributed by atoms with E-state index in [1.54, 1.807) is 0 Å². The molecule has 0 radical (unpaired) electrons. The fourth-order valence-corrected chi connectivity index (χ4v) is 2.15. The molecule has 78 valence electrons. The molecule has 1 fully saturated rings. The van der Waals surface area contributed by atoms with Crippen molar-refractivity contribution >= 4 is 0 Å². The summed E-state index contributed by atoms with van der Waals surface area (Å²) in [6.45, 7) is 3.35. The van der Waals surface area contributed by atoms with Crippen LogP contribution in [-0.2, 0) is 0 Å². The Morgan fingerprint density at radius 1 is 1.38 bits per heavy atom. The number of nitrogens with zero attached hydrogens (tertiary/aromatic N) is 1. The molecule has 0 spiro atoms. The third-order valence-corrected chi connectivity index (χ3v) is 2.85. The second-order valence-electron chi connectivity index (χ2n) is 3.84. The highest BCUT2D eigenvalue weighted by atomic mass is 16.3. The van der Waals surface area contributed by atoms with Crippen molar-refractivity contribution in [3.8, 4) is 0 Å². The number of nitrogens with two attached hydrogens (primary N) is 1. The maximum Gasteiger partial charge on any atom is 0.0443 e. The molecule has 0 aliphatic carbocycles. The van der Waals surface area contributed by atoms with Gasteiger partial charge in [-0.25, -0.2) is 0 Å². The largest absolute Gasteiger partial charge is 0.396 e. The zero-order chi connectivity index (χ0) is 9.52. The number of piperidine rings is 1. The van der Waals surface area contributed by atoms with E-state index in [0.717, 1.165) is 25.9 Å². The SMILES string of the molecule is NCCC1CCCCN1CCCO. The van der Waals surface area contributed by atoms with Crippen molar-refractivity contribution in [2.24, 2.45) is 5.73 Å². The third kappa shape index (κ3) is 3.63. The molecule has 13 heavy (non-hydrogen) atoms. The predicted molar refractivity (Wildman–Crippen MR) is 54.6 cm³/mol. The molecule has 3 heteroatoms. The Bertz CT molecular complexity index is 128. The van der Waals surface area contributed by atoms with E-state index in [-0.39, 0.29) is 0 Å². The van der Waals surface area contributed by atoms with Crippen molar-refractivity contribution in [2.75, 3.05) is 26.2 Å². The molecule has 3 N–H and O–H groups in total. The molecular weight excluding hydrogens is 164 g/mol. The van der Waals surface area contributed by atoms with Crippen LogP contribution in [0.2, 0.25) is 0 Å². The Morgan fingerprint density at radius 2 is 2.23 bits per heavy atom. The van der Waals surface area contributed by atoms with Gasteiger partial charge in [0.15, 0.2) is 0 Å². The molecule has 0 bridgehead atoms. The second kappa shape index (κ2) is 6.35. The lowest BCUT2D eigenvalue weighted by atomic mass is 9.99. The monoisotopic (exact) mass is 186 g/mol. The summed E-state index contributed by atoms with van der Waals surface area (Å²) < 4.78 is 0. The molecule has 1 heterocycles. The molecule has 0 aromatic rings. The first-order valence-corrected chi connectivity index (χ1v) is 5.43. The minimum absolute atomic E-state index is 0.311. The van der Waals surface area contributed by atoms with Gasteiger partial charge in [-0.2, -0.15) is 0 Å². The van der Waals surface area contributed by atoms with Crippen molar-refractivity contribution in [3.05, 3.63) is 0 Å².